The number of carbonyl (C=O) groups is 1. The van der Waals surface area contributed by atoms with Crippen molar-refractivity contribution in [2.24, 2.45) is 0 Å². The van der Waals surface area contributed by atoms with Gasteiger partial charge in [0.25, 0.3) is 0 Å². The average Bonchev–Trinajstić information content (AvgIpc) is 2.79. The largest absolute Gasteiger partial charge is 0.460 e. The van der Waals surface area contributed by atoms with Gasteiger partial charge in [0, 0.05) is 0 Å². The molecule has 1 aromatic carbocycles. The van der Waals surface area contributed by atoms with Gasteiger partial charge in [0.15, 0.2) is 0 Å². The highest BCUT2D eigenvalue weighted by Gasteiger charge is 2.76. The highest BCUT2D eigenvalue weighted by Crippen LogP contribution is 2.46. The first-order valence-electron chi connectivity index (χ1n) is 5.55. The summed E-state index contributed by atoms with van der Waals surface area (Å²) in [5, 5.41) is 1.21. The smallest absolute Gasteiger partial charge is 0.324 e. The minimum atomic E-state index is -6.58. The number of halogens is 7. The van der Waals surface area contributed by atoms with Crippen LogP contribution in [0.4, 0.5) is 36.7 Å². The number of nitrogens with one attached hydrogen (secondary N) is 2. The zero-order valence-electron chi connectivity index (χ0n) is 10.3. The summed E-state index contributed by atoms with van der Waals surface area (Å²) in [6.45, 7) is 0. The highest BCUT2D eigenvalue weighted by molar-refractivity contribution is 5.96. The number of alkyl halides is 7. The maximum absolute atomic E-state index is 13.1. The van der Waals surface area contributed by atoms with Crippen molar-refractivity contribution in [3.63, 3.8) is 0 Å². The number of para-hydroxylation sites is 2. The van der Waals surface area contributed by atoms with Crippen molar-refractivity contribution in [2.75, 3.05) is 5.32 Å². The molecule has 0 aliphatic heterocycles. The van der Waals surface area contributed by atoms with Crippen LogP contribution in [0.25, 0.3) is 11.0 Å². The number of anilines is 1. The summed E-state index contributed by atoms with van der Waals surface area (Å²) in [5.41, 5.74) is 0.465. The zero-order chi connectivity index (χ0) is 16.8. The van der Waals surface area contributed by atoms with Gasteiger partial charge in [0.05, 0.1) is 11.0 Å². The Hall–Kier alpha value is -2.33. The van der Waals surface area contributed by atoms with Gasteiger partial charge in [-0.2, -0.15) is 30.7 Å². The Labute approximate surface area is 117 Å². The number of nitrogens with zero attached hydrogens (tertiary/aromatic N) is 1. The fraction of sp³-hybridized carbons (Fsp3) is 0.273. The molecule has 4 nitrogen and oxygen atoms in total. The number of H-pyrrole nitrogens is 1. The Bertz CT molecular complexity index is 674. The molecular formula is C11H6F7N3O. The van der Waals surface area contributed by atoms with E-state index in [9.17, 15) is 35.5 Å². The molecule has 0 fully saturated rings. The average molecular weight is 329 g/mol. The van der Waals surface area contributed by atoms with Crippen LogP contribution in [-0.2, 0) is 4.79 Å². The van der Waals surface area contributed by atoms with Crippen molar-refractivity contribution in [3.8, 4) is 0 Å². The van der Waals surface area contributed by atoms with Crippen LogP contribution in [-0.4, -0.2) is 33.9 Å². The van der Waals surface area contributed by atoms with Gasteiger partial charge in [-0.1, -0.05) is 12.1 Å². The molecule has 0 spiro atoms. The number of benzene rings is 1. The minimum absolute atomic E-state index is 0.198. The van der Waals surface area contributed by atoms with E-state index in [1.54, 1.807) is 0 Å². The van der Waals surface area contributed by atoms with E-state index in [2.05, 4.69) is 9.97 Å². The molecule has 0 aliphatic rings. The van der Waals surface area contributed by atoms with E-state index in [1.807, 2.05) is 0 Å². The Kier molecular flexibility index (Phi) is 3.54. The number of rotatable bonds is 3. The monoisotopic (exact) mass is 329 g/mol. The summed E-state index contributed by atoms with van der Waals surface area (Å²) in [6, 6.07) is 5.88. The quantitative estimate of drug-likeness (QED) is 0.849. The van der Waals surface area contributed by atoms with Crippen molar-refractivity contribution in [1.82, 2.24) is 9.97 Å². The van der Waals surface area contributed by atoms with Crippen LogP contribution < -0.4 is 5.32 Å². The second-order valence-electron chi connectivity index (χ2n) is 4.20. The number of hydrogen-bond donors (Lipinski definition) is 2. The van der Waals surface area contributed by atoms with Gasteiger partial charge in [-0.25, -0.2) is 4.98 Å². The Morgan fingerprint density at radius 2 is 1.64 bits per heavy atom. The normalized spacial score (nSPS) is 13.4. The van der Waals surface area contributed by atoms with Crippen LogP contribution in [0.15, 0.2) is 24.3 Å². The van der Waals surface area contributed by atoms with Crippen molar-refractivity contribution >= 4 is 22.9 Å². The van der Waals surface area contributed by atoms with Gasteiger partial charge in [-0.15, -0.1) is 0 Å². The summed E-state index contributed by atoms with van der Waals surface area (Å²) in [5.74, 6) is -16.0. The molecule has 1 heterocycles. The first kappa shape index (κ1) is 16.0. The molecule has 1 amide bonds. The number of aromatic amines is 1. The van der Waals surface area contributed by atoms with E-state index in [1.165, 1.54) is 29.6 Å². The maximum Gasteiger partial charge on any atom is 0.460 e. The van der Waals surface area contributed by atoms with Gasteiger partial charge < -0.3 is 4.98 Å². The van der Waals surface area contributed by atoms with Gasteiger partial charge in [-0.3, -0.25) is 10.1 Å². The lowest BCUT2D eigenvalue weighted by atomic mass is 10.1. The standard InChI is InChI=1S/C11H6F7N3O/c12-9(13,10(14,15)11(16,17)18)7(22)21-8-19-5-3-1-2-4-6(5)20-8/h1-4H,(H2,19,20,21,22). The first-order valence-corrected chi connectivity index (χ1v) is 5.55. The molecule has 0 unspecified atom stereocenters. The molecule has 0 bridgehead atoms. The van der Waals surface area contributed by atoms with Gasteiger partial charge >= 0.3 is 23.9 Å². The van der Waals surface area contributed by atoms with Gasteiger partial charge in [0.1, 0.15) is 0 Å². The Morgan fingerprint density at radius 1 is 1.05 bits per heavy atom. The lowest BCUT2D eigenvalue weighted by molar-refractivity contribution is -0.343. The summed E-state index contributed by atoms with van der Waals surface area (Å²) in [6.07, 6.45) is -6.58. The molecule has 2 rings (SSSR count). The fourth-order valence-electron chi connectivity index (χ4n) is 1.52. The lowest BCUT2D eigenvalue weighted by Gasteiger charge is -2.26. The molecule has 0 radical (unpaired) electrons. The number of hydrogen-bond acceptors (Lipinski definition) is 2. The van der Waals surface area contributed by atoms with E-state index >= 15 is 0 Å². The number of amides is 1. The molecule has 0 atom stereocenters. The third kappa shape index (κ3) is 2.46. The number of aromatic nitrogens is 2. The SMILES string of the molecule is O=C(Nc1nc2ccccc2[nH]1)C(F)(F)C(F)(F)C(F)(F)F. The number of imidazole rings is 1. The molecule has 1 aromatic heterocycles. The second-order valence-corrected chi connectivity index (χ2v) is 4.20. The van der Waals surface area contributed by atoms with E-state index in [-0.39, 0.29) is 11.0 Å². The number of fused-ring (bicyclic) bond motifs is 1. The van der Waals surface area contributed by atoms with E-state index in [0.717, 1.165) is 0 Å². The van der Waals surface area contributed by atoms with E-state index in [4.69, 9.17) is 0 Å². The van der Waals surface area contributed by atoms with Crippen molar-refractivity contribution in [3.05, 3.63) is 24.3 Å². The van der Waals surface area contributed by atoms with Crippen molar-refractivity contribution < 1.29 is 35.5 Å². The zero-order valence-corrected chi connectivity index (χ0v) is 10.3. The third-order valence-corrected chi connectivity index (χ3v) is 2.66. The van der Waals surface area contributed by atoms with Crippen LogP contribution in [0, 0.1) is 0 Å². The minimum Gasteiger partial charge on any atom is -0.324 e. The Balaban J connectivity index is 2.27. The van der Waals surface area contributed by atoms with Crippen LogP contribution in [0.3, 0.4) is 0 Å². The molecule has 11 heteroatoms. The molecule has 0 saturated carbocycles. The third-order valence-electron chi connectivity index (χ3n) is 2.66. The topological polar surface area (TPSA) is 57.8 Å². The highest BCUT2D eigenvalue weighted by atomic mass is 19.4. The van der Waals surface area contributed by atoms with Crippen LogP contribution in [0.5, 0.6) is 0 Å². The molecule has 2 N–H and O–H groups in total. The maximum atomic E-state index is 13.1. The van der Waals surface area contributed by atoms with Crippen LogP contribution in [0.2, 0.25) is 0 Å². The molecular weight excluding hydrogens is 323 g/mol. The predicted octanol–water partition coefficient (Wildman–Crippen LogP) is 3.33. The van der Waals surface area contributed by atoms with Crippen molar-refractivity contribution in [1.29, 1.82) is 0 Å². The number of carbonyl (C=O) groups excluding carboxylic acids is 1. The van der Waals surface area contributed by atoms with Crippen LogP contribution in [0.1, 0.15) is 0 Å². The first-order chi connectivity index (χ1) is 9.97. The predicted molar refractivity (Wildman–Crippen MR) is 60.7 cm³/mol. The molecule has 0 saturated heterocycles. The fourth-order valence-corrected chi connectivity index (χ4v) is 1.52. The molecule has 0 aliphatic carbocycles. The second kappa shape index (κ2) is 4.85. The summed E-state index contributed by atoms with van der Waals surface area (Å²) in [7, 11) is 0. The van der Waals surface area contributed by atoms with Gasteiger partial charge in [0.2, 0.25) is 5.95 Å². The Morgan fingerprint density at radius 3 is 2.18 bits per heavy atom. The lowest BCUT2D eigenvalue weighted by Crippen LogP contribution is -2.57. The summed E-state index contributed by atoms with van der Waals surface area (Å²) < 4.78 is 87.5. The van der Waals surface area contributed by atoms with Crippen LogP contribution >= 0.6 is 0 Å². The molecule has 2 aromatic rings. The summed E-state index contributed by atoms with van der Waals surface area (Å²) in [4.78, 5) is 17.0. The molecule has 120 valence electrons. The summed E-state index contributed by atoms with van der Waals surface area (Å²) >= 11 is 0. The van der Waals surface area contributed by atoms with E-state index < -0.39 is 29.9 Å². The van der Waals surface area contributed by atoms with Gasteiger partial charge in [-0.05, 0) is 12.1 Å². The van der Waals surface area contributed by atoms with E-state index in [0.29, 0.717) is 0 Å². The molecule has 22 heavy (non-hydrogen) atoms. The van der Waals surface area contributed by atoms with Crippen molar-refractivity contribution in [2.45, 2.75) is 18.0 Å².